The van der Waals surface area contributed by atoms with Gasteiger partial charge < -0.3 is 14.8 Å². The predicted molar refractivity (Wildman–Crippen MR) is 94.4 cm³/mol. The van der Waals surface area contributed by atoms with Crippen molar-refractivity contribution in [2.24, 2.45) is 0 Å². The van der Waals surface area contributed by atoms with E-state index in [1.54, 1.807) is 14.2 Å². The first-order valence-corrected chi connectivity index (χ1v) is 6.93. The van der Waals surface area contributed by atoms with Crippen LogP contribution < -0.4 is 14.8 Å². The molecule has 0 amide bonds. The van der Waals surface area contributed by atoms with Crippen LogP contribution >= 0.6 is 12.4 Å². The molecule has 0 spiro atoms. The molecule has 0 saturated carbocycles. The molecule has 0 aromatic heterocycles. The molecule has 1 atom stereocenters. The third-order valence-corrected chi connectivity index (χ3v) is 3.33. The number of para-hydroxylation sites is 1. The van der Waals surface area contributed by atoms with Crippen LogP contribution in [0.15, 0.2) is 61.2 Å². The molecule has 0 radical (unpaired) electrons. The van der Waals surface area contributed by atoms with Crippen LogP contribution in [-0.2, 0) is 0 Å². The van der Waals surface area contributed by atoms with E-state index in [-0.39, 0.29) is 18.4 Å². The first-order valence-electron chi connectivity index (χ1n) is 6.93. The van der Waals surface area contributed by atoms with Gasteiger partial charge in [-0.3, -0.25) is 0 Å². The van der Waals surface area contributed by atoms with Gasteiger partial charge in [0.2, 0.25) is 0 Å². The molecule has 0 saturated heterocycles. The van der Waals surface area contributed by atoms with E-state index in [9.17, 15) is 0 Å². The number of rotatable bonds is 7. The lowest BCUT2D eigenvalue weighted by molar-refractivity contribution is 0.354. The van der Waals surface area contributed by atoms with Crippen LogP contribution in [0.1, 0.15) is 18.0 Å². The highest BCUT2D eigenvalue weighted by atomic mass is 35.5. The SMILES string of the molecule is C=CCC(Nc1ccccc1)c1ccc(OC)c(OC)c1.Cl. The minimum Gasteiger partial charge on any atom is -0.493 e. The molecule has 2 aromatic carbocycles. The van der Waals surface area contributed by atoms with E-state index in [1.807, 2.05) is 42.5 Å². The van der Waals surface area contributed by atoms with Gasteiger partial charge in [-0.2, -0.15) is 0 Å². The molecule has 118 valence electrons. The van der Waals surface area contributed by atoms with Crippen molar-refractivity contribution in [1.29, 1.82) is 0 Å². The van der Waals surface area contributed by atoms with Gasteiger partial charge in [0.25, 0.3) is 0 Å². The molecule has 3 nitrogen and oxygen atoms in total. The molecule has 4 heteroatoms. The van der Waals surface area contributed by atoms with Gasteiger partial charge >= 0.3 is 0 Å². The van der Waals surface area contributed by atoms with E-state index < -0.39 is 0 Å². The lowest BCUT2D eigenvalue weighted by atomic mass is 10.0. The number of halogens is 1. The van der Waals surface area contributed by atoms with Crippen LogP contribution in [0, 0.1) is 0 Å². The fraction of sp³-hybridized carbons (Fsp3) is 0.222. The van der Waals surface area contributed by atoms with Crippen LogP contribution in [0.5, 0.6) is 11.5 Å². The molecule has 0 aliphatic carbocycles. The molecule has 0 heterocycles. The van der Waals surface area contributed by atoms with Crippen LogP contribution in [0.2, 0.25) is 0 Å². The molecule has 1 unspecified atom stereocenters. The fourth-order valence-corrected chi connectivity index (χ4v) is 2.25. The fourth-order valence-electron chi connectivity index (χ4n) is 2.25. The molecule has 0 fully saturated rings. The van der Waals surface area contributed by atoms with E-state index in [0.717, 1.165) is 29.2 Å². The zero-order chi connectivity index (χ0) is 15.1. The molecule has 22 heavy (non-hydrogen) atoms. The number of hydrogen-bond acceptors (Lipinski definition) is 3. The Labute approximate surface area is 138 Å². The van der Waals surface area contributed by atoms with Crippen molar-refractivity contribution in [3.8, 4) is 11.5 Å². The number of nitrogens with one attached hydrogen (secondary N) is 1. The highest BCUT2D eigenvalue weighted by molar-refractivity contribution is 5.85. The molecule has 0 aliphatic rings. The molecular formula is C18H22ClNO2. The van der Waals surface area contributed by atoms with Crippen molar-refractivity contribution >= 4 is 18.1 Å². The summed E-state index contributed by atoms with van der Waals surface area (Å²) in [6.07, 6.45) is 2.74. The first-order chi connectivity index (χ1) is 10.3. The smallest absolute Gasteiger partial charge is 0.161 e. The van der Waals surface area contributed by atoms with Gasteiger partial charge in [0.15, 0.2) is 11.5 Å². The van der Waals surface area contributed by atoms with E-state index in [4.69, 9.17) is 9.47 Å². The van der Waals surface area contributed by atoms with Crippen molar-refractivity contribution in [3.63, 3.8) is 0 Å². The van der Waals surface area contributed by atoms with Gasteiger partial charge in [0.1, 0.15) is 0 Å². The summed E-state index contributed by atoms with van der Waals surface area (Å²) in [5.41, 5.74) is 2.22. The second-order valence-electron chi connectivity index (χ2n) is 4.70. The largest absolute Gasteiger partial charge is 0.493 e. The zero-order valence-electron chi connectivity index (χ0n) is 12.9. The maximum absolute atomic E-state index is 5.38. The van der Waals surface area contributed by atoms with Crippen LogP contribution in [0.25, 0.3) is 0 Å². The second kappa shape index (κ2) is 9.00. The standard InChI is InChI=1S/C18H21NO2.ClH/c1-4-8-16(19-15-9-6-5-7-10-15)14-11-12-17(20-2)18(13-14)21-3;/h4-7,9-13,16,19H,1,8H2,2-3H3;1H. The van der Waals surface area contributed by atoms with E-state index >= 15 is 0 Å². The Morgan fingerprint density at radius 3 is 2.32 bits per heavy atom. The highest BCUT2D eigenvalue weighted by Gasteiger charge is 2.13. The van der Waals surface area contributed by atoms with Crippen molar-refractivity contribution in [3.05, 3.63) is 66.7 Å². The Morgan fingerprint density at radius 2 is 1.73 bits per heavy atom. The van der Waals surface area contributed by atoms with Gasteiger partial charge in [0.05, 0.1) is 20.3 Å². The summed E-state index contributed by atoms with van der Waals surface area (Å²) in [5, 5.41) is 3.52. The molecular weight excluding hydrogens is 298 g/mol. The summed E-state index contributed by atoms with van der Waals surface area (Å²) in [7, 11) is 3.29. The normalized spacial score (nSPS) is 11.0. The maximum Gasteiger partial charge on any atom is 0.161 e. The number of ether oxygens (including phenoxy) is 2. The van der Waals surface area contributed by atoms with Crippen molar-refractivity contribution in [1.82, 2.24) is 0 Å². The molecule has 2 aromatic rings. The lowest BCUT2D eigenvalue weighted by Crippen LogP contribution is -2.10. The number of benzene rings is 2. The van der Waals surface area contributed by atoms with Gasteiger partial charge in [0, 0.05) is 5.69 Å². The predicted octanol–water partition coefficient (Wildman–Crippen LogP) is 4.85. The molecule has 2 rings (SSSR count). The quantitative estimate of drug-likeness (QED) is 0.740. The molecule has 1 N–H and O–H groups in total. The summed E-state index contributed by atoms with van der Waals surface area (Å²) in [6.45, 7) is 3.85. The number of anilines is 1. The van der Waals surface area contributed by atoms with Crippen LogP contribution in [0.3, 0.4) is 0 Å². The Balaban J connectivity index is 0.00000242. The van der Waals surface area contributed by atoms with E-state index in [1.165, 1.54) is 0 Å². The average Bonchev–Trinajstić information content (AvgIpc) is 2.54. The summed E-state index contributed by atoms with van der Waals surface area (Å²) in [5.74, 6) is 1.47. The van der Waals surface area contributed by atoms with E-state index in [0.29, 0.717) is 0 Å². The minimum absolute atomic E-state index is 0. The lowest BCUT2D eigenvalue weighted by Gasteiger charge is -2.20. The van der Waals surface area contributed by atoms with Crippen LogP contribution in [-0.4, -0.2) is 14.2 Å². The van der Waals surface area contributed by atoms with Gasteiger partial charge in [-0.05, 0) is 36.2 Å². The summed E-state index contributed by atoms with van der Waals surface area (Å²) in [6, 6.07) is 16.3. The van der Waals surface area contributed by atoms with Crippen molar-refractivity contribution < 1.29 is 9.47 Å². The Morgan fingerprint density at radius 1 is 1.05 bits per heavy atom. The van der Waals surface area contributed by atoms with Crippen molar-refractivity contribution in [2.75, 3.05) is 19.5 Å². The molecule has 0 aliphatic heterocycles. The van der Waals surface area contributed by atoms with Crippen molar-refractivity contribution in [2.45, 2.75) is 12.5 Å². The summed E-state index contributed by atoms with van der Waals surface area (Å²) >= 11 is 0. The van der Waals surface area contributed by atoms with Gasteiger partial charge in [-0.15, -0.1) is 19.0 Å². The third-order valence-electron chi connectivity index (χ3n) is 3.33. The Bertz CT molecular complexity index is 587. The summed E-state index contributed by atoms with van der Waals surface area (Å²) < 4.78 is 10.7. The van der Waals surface area contributed by atoms with E-state index in [2.05, 4.69) is 24.0 Å². The monoisotopic (exact) mass is 319 g/mol. The first kappa shape index (κ1) is 17.9. The Hall–Kier alpha value is -2.13. The molecule has 0 bridgehead atoms. The highest BCUT2D eigenvalue weighted by Crippen LogP contribution is 2.32. The maximum atomic E-state index is 5.38. The summed E-state index contributed by atoms with van der Waals surface area (Å²) in [4.78, 5) is 0. The zero-order valence-corrected chi connectivity index (χ0v) is 13.7. The minimum atomic E-state index is 0. The average molecular weight is 320 g/mol. The topological polar surface area (TPSA) is 30.5 Å². The number of methoxy groups -OCH3 is 2. The second-order valence-corrected chi connectivity index (χ2v) is 4.70. The number of hydrogen-bond donors (Lipinski definition) is 1. The van der Waals surface area contributed by atoms with Gasteiger partial charge in [-0.1, -0.05) is 30.3 Å². The third kappa shape index (κ3) is 4.43. The van der Waals surface area contributed by atoms with Gasteiger partial charge in [-0.25, -0.2) is 0 Å². The Kier molecular flexibility index (Phi) is 7.33. The van der Waals surface area contributed by atoms with Crippen LogP contribution in [0.4, 0.5) is 5.69 Å².